The van der Waals surface area contributed by atoms with Crippen LogP contribution in [0.25, 0.3) is 0 Å². The molecule has 1 aliphatic carbocycles. The van der Waals surface area contributed by atoms with Crippen molar-refractivity contribution >= 4 is 0 Å². The highest BCUT2D eigenvalue weighted by molar-refractivity contribution is 4.87. The molecule has 17 heavy (non-hydrogen) atoms. The molecule has 0 heterocycles. The Morgan fingerprint density at radius 3 is 2.71 bits per heavy atom. The Labute approximate surface area is 108 Å². The molecule has 98 valence electrons. The van der Waals surface area contributed by atoms with E-state index in [1.807, 2.05) is 0 Å². The summed E-state index contributed by atoms with van der Waals surface area (Å²) in [6.07, 6.45) is 11.8. The minimum atomic E-state index is 0.752. The third kappa shape index (κ3) is 5.59. The lowest BCUT2D eigenvalue weighted by molar-refractivity contribution is 0.175. The van der Waals surface area contributed by atoms with E-state index >= 15 is 0 Å². The van der Waals surface area contributed by atoms with E-state index in [1.54, 1.807) is 0 Å². The summed E-state index contributed by atoms with van der Waals surface area (Å²) < 4.78 is 0. The minimum Gasteiger partial charge on any atom is -0.316 e. The first-order chi connectivity index (χ1) is 8.13. The lowest BCUT2D eigenvalue weighted by Crippen LogP contribution is -2.34. The predicted octanol–water partition coefficient (Wildman–Crippen LogP) is 3.70. The van der Waals surface area contributed by atoms with Gasteiger partial charge in [0.2, 0.25) is 0 Å². The molecule has 0 aromatic carbocycles. The van der Waals surface area contributed by atoms with Crippen molar-refractivity contribution in [3.8, 4) is 12.3 Å². The first-order valence-electron chi connectivity index (χ1n) is 7.27. The van der Waals surface area contributed by atoms with E-state index in [9.17, 15) is 0 Å². The van der Waals surface area contributed by atoms with Gasteiger partial charge in [0, 0.05) is 6.42 Å². The van der Waals surface area contributed by atoms with Crippen LogP contribution in [-0.2, 0) is 0 Å². The van der Waals surface area contributed by atoms with Crippen LogP contribution in [0.3, 0.4) is 0 Å². The van der Waals surface area contributed by atoms with Crippen molar-refractivity contribution in [3.63, 3.8) is 0 Å². The SMILES string of the molecule is C#CCCC1CC(C)CCC1CNCC(C)C. The van der Waals surface area contributed by atoms with Gasteiger partial charge < -0.3 is 5.32 Å². The predicted molar refractivity (Wildman–Crippen MR) is 75.8 cm³/mol. The van der Waals surface area contributed by atoms with Crippen LogP contribution in [0, 0.1) is 36.0 Å². The van der Waals surface area contributed by atoms with E-state index in [-0.39, 0.29) is 0 Å². The molecule has 1 N–H and O–H groups in total. The zero-order valence-electron chi connectivity index (χ0n) is 11.8. The van der Waals surface area contributed by atoms with Gasteiger partial charge in [0.05, 0.1) is 0 Å². The Balaban J connectivity index is 2.35. The fourth-order valence-corrected chi connectivity index (χ4v) is 3.01. The lowest BCUT2D eigenvalue weighted by atomic mass is 9.73. The van der Waals surface area contributed by atoms with Gasteiger partial charge in [0.1, 0.15) is 0 Å². The van der Waals surface area contributed by atoms with Crippen molar-refractivity contribution in [2.24, 2.45) is 23.7 Å². The zero-order valence-corrected chi connectivity index (χ0v) is 11.8. The van der Waals surface area contributed by atoms with E-state index in [0.717, 1.165) is 36.6 Å². The van der Waals surface area contributed by atoms with Crippen molar-refractivity contribution in [3.05, 3.63) is 0 Å². The van der Waals surface area contributed by atoms with Gasteiger partial charge in [-0.1, -0.05) is 27.2 Å². The molecule has 3 unspecified atom stereocenters. The zero-order chi connectivity index (χ0) is 12.7. The summed E-state index contributed by atoms with van der Waals surface area (Å²) in [7, 11) is 0. The van der Waals surface area contributed by atoms with E-state index < -0.39 is 0 Å². The maximum atomic E-state index is 5.40. The Morgan fingerprint density at radius 1 is 1.29 bits per heavy atom. The third-order valence-corrected chi connectivity index (χ3v) is 4.02. The van der Waals surface area contributed by atoms with E-state index in [4.69, 9.17) is 6.42 Å². The maximum Gasteiger partial charge on any atom is 0.00888 e. The van der Waals surface area contributed by atoms with Crippen LogP contribution in [0.15, 0.2) is 0 Å². The Hall–Kier alpha value is -0.480. The van der Waals surface area contributed by atoms with E-state index in [2.05, 4.69) is 32.0 Å². The molecule has 0 spiro atoms. The molecule has 0 radical (unpaired) electrons. The summed E-state index contributed by atoms with van der Waals surface area (Å²) in [5, 5.41) is 3.62. The van der Waals surface area contributed by atoms with E-state index in [0.29, 0.717) is 0 Å². The molecule has 3 atom stereocenters. The van der Waals surface area contributed by atoms with Gasteiger partial charge in [0.15, 0.2) is 0 Å². The van der Waals surface area contributed by atoms with Crippen molar-refractivity contribution in [1.82, 2.24) is 5.32 Å². The molecule has 0 amide bonds. The standard InChI is InChI=1S/C16H29N/c1-5-6-7-15-10-14(4)8-9-16(15)12-17-11-13(2)3/h1,13-17H,6-12H2,2-4H3. The van der Waals surface area contributed by atoms with Crippen LogP contribution in [0.4, 0.5) is 0 Å². The molecule has 1 nitrogen and oxygen atoms in total. The Kier molecular flexibility index (Phi) is 6.66. The van der Waals surface area contributed by atoms with Crippen molar-refractivity contribution in [2.45, 2.75) is 52.9 Å². The van der Waals surface area contributed by atoms with Crippen LogP contribution in [0.2, 0.25) is 0 Å². The lowest BCUT2D eigenvalue weighted by Gasteiger charge is -2.35. The normalized spacial score (nSPS) is 29.2. The number of terminal acetylenes is 1. The van der Waals surface area contributed by atoms with Crippen LogP contribution >= 0.6 is 0 Å². The van der Waals surface area contributed by atoms with Gasteiger partial charge >= 0.3 is 0 Å². The highest BCUT2D eigenvalue weighted by Crippen LogP contribution is 2.36. The van der Waals surface area contributed by atoms with E-state index in [1.165, 1.54) is 32.2 Å². The van der Waals surface area contributed by atoms with Gasteiger partial charge in [-0.3, -0.25) is 0 Å². The highest BCUT2D eigenvalue weighted by atomic mass is 14.9. The molecule has 1 saturated carbocycles. The van der Waals surface area contributed by atoms with Crippen molar-refractivity contribution in [1.29, 1.82) is 0 Å². The van der Waals surface area contributed by atoms with Crippen LogP contribution in [0.5, 0.6) is 0 Å². The number of hydrogen-bond acceptors (Lipinski definition) is 1. The highest BCUT2D eigenvalue weighted by Gasteiger charge is 2.27. The smallest absolute Gasteiger partial charge is 0.00888 e. The Morgan fingerprint density at radius 2 is 2.06 bits per heavy atom. The monoisotopic (exact) mass is 235 g/mol. The van der Waals surface area contributed by atoms with Gasteiger partial charge in [0.25, 0.3) is 0 Å². The molecule has 0 aromatic rings. The van der Waals surface area contributed by atoms with Crippen molar-refractivity contribution in [2.75, 3.05) is 13.1 Å². The first kappa shape index (κ1) is 14.6. The summed E-state index contributed by atoms with van der Waals surface area (Å²) in [5.74, 6) is 6.17. The minimum absolute atomic E-state index is 0.752. The second-order valence-electron chi connectivity index (χ2n) is 6.23. The molecule has 1 fully saturated rings. The maximum absolute atomic E-state index is 5.40. The van der Waals surface area contributed by atoms with Crippen LogP contribution in [-0.4, -0.2) is 13.1 Å². The molecule has 1 aliphatic rings. The fourth-order valence-electron chi connectivity index (χ4n) is 3.01. The molecule has 0 saturated heterocycles. The van der Waals surface area contributed by atoms with Crippen LogP contribution < -0.4 is 5.32 Å². The van der Waals surface area contributed by atoms with Crippen LogP contribution in [0.1, 0.15) is 52.9 Å². The van der Waals surface area contributed by atoms with Gasteiger partial charge in [-0.05, 0) is 56.0 Å². The fraction of sp³-hybridized carbons (Fsp3) is 0.875. The molecule has 0 bridgehead atoms. The molecular weight excluding hydrogens is 206 g/mol. The van der Waals surface area contributed by atoms with Gasteiger partial charge in [-0.2, -0.15) is 0 Å². The molecule has 1 rings (SSSR count). The number of rotatable bonds is 6. The quantitative estimate of drug-likeness (QED) is 0.692. The molecular formula is C16H29N. The van der Waals surface area contributed by atoms with Crippen molar-refractivity contribution < 1.29 is 0 Å². The summed E-state index contributed by atoms with van der Waals surface area (Å²) in [6, 6.07) is 0. The number of hydrogen-bond donors (Lipinski definition) is 1. The molecule has 1 heteroatoms. The molecule has 0 aromatic heterocycles. The molecule has 0 aliphatic heterocycles. The summed E-state index contributed by atoms with van der Waals surface area (Å²) >= 11 is 0. The summed E-state index contributed by atoms with van der Waals surface area (Å²) in [6.45, 7) is 9.27. The first-order valence-corrected chi connectivity index (χ1v) is 7.27. The van der Waals surface area contributed by atoms with Gasteiger partial charge in [-0.25, -0.2) is 0 Å². The largest absolute Gasteiger partial charge is 0.316 e. The average Bonchev–Trinajstić information content (AvgIpc) is 2.28. The third-order valence-electron chi connectivity index (χ3n) is 4.02. The summed E-state index contributed by atoms with van der Waals surface area (Å²) in [5.41, 5.74) is 0. The average molecular weight is 235 g/mol. The van der Waals surface area contributed by atoms with Gasteiger partial charge in [-0.15, -0.1) is 12.3 Å². The second kappa shape index (κ2) is 7.77. The summed E-state index contributed by atoms with van der Waals surface area (Å²) in [4.78, 5) is 0. The number of nitrogens with one attached hydrogen (secondary N) is 1. The second-order valence-corrected chi connectivity index (χ2v) is 6.23. The topological polar surface area (TPSA) is 12.0 Å². The Bertz CT molecular complexity index is 238.